The van der Waals surface area contributed by atoms with E-state index in [1.54, 1.807) is 36.4 Å². The molecule has 0 aromatic heterocycles. The number of rotatable bonds is 7. The minimum absolute atomic E-state index is 0.169. The number of ether oxygens (including phenoxy) is 3. The number of hydrogen-bond donors (Lipinski definition) is 0. The molecule has 5 rings (SSSR count). The highest BCUT2D eigenvalue weighted by atomic mass is 32.2. The summed E-state index contributed by atoms with van der Waals surface area (Å²) < 4.78 is 42.5. The van der Waals surface area contributed by atoms with Crippen LogP contribution in [0.25, 0.3) is 0 Å². The van der Waals surface area contributed by atoms with Crippen LogP contribution in [0.15, 0.2) is 107 Å². The maximum absolute atomic E-state index is 12.9. The number of esters is 1. The van der Waals surface area contributed by atoms with Gasteiger partial charge >= 0.3 is 5.97 Å². The van der Waals surface area contributed by atoms with E-state index in [1.807, 2.05) is 98.7 Å². The van der Waals surface area contributed by atoms with E-state index < -0.39 is 15.4 Å². The topological polar surface area (TPSA) is 78.9 Å². The van der Waals surface area contributed by atoms with Crippen molar-refractivity contribution in [2.24, 2.45) is 0 Å². The van der Waals surface area contributed by atoms with Gasteiger partial charge in [-0.3, -0.25) is 4.79 Å². The summed E-state index contributed by atoms with van der Waals surface area (Å²) in [6.45, 7) is 18.0. The first-order chi connectivity index (χ1) is 21.3. The maximum Gasteiger partial charge on any atom is 0.311 e. The van der Waals surface area contributed by atoms with E-state index >= 15 is 0 Å². The van der Waals surface area contributed by atoms with Gasteiger partial charge in [0.15, 0.2) is 5.60 Å². The summed E-state index contributed by atoms with van der Waals surface area (Å²) in [5, 5.41) is 0. The van der Waals surface area contributed by atoms with Gasteiger partial charge in [0.2, 0.25) is 9.84 Å². The number of methoxy groups -OCH3 is 1. The van der Waals surface area contributed by atoms with Crippen LogP contribution in [0.3, 0.4) is 0 Å². The van der Waals surface area contributed by atoms with Crippen molar-refractivity contribution < 1.29 is 27.4 Å². The van der Waals surface area contributed by atoms with Gasteiger partial charge < -0.3 is 14.2 Å². The predicted octanol–water partition coefficient (Wildman–Crippen LogP) is 9.92. The van der Waals surface area contributed by atoms with Crippen LogP contribution in [0.1, 0.15) is 78.5 Å². The molecule has 0 amide bonds. The van der Waals surface area contributed by atoms with E-state index in [1.165, 1.54) is 31.4 Å². The summed E-state index contributed by atoms with van der Waals surface area (Å²) in [5.74, 6) is 1.43. The van der Waals surface area contributed by atoms with Gasteiger partial charge in [-0.15, -0.1) is 0 Å². The summed E-state index contributed by atoms with van der Waals surface area (Å²) >= 11 is 0. The number of carbonyl (C=O) groups excluding carboxylic acids is 1. The van der Waals surface area contributed by atoms with Crippen LogP contribution in [0.4, 0.5) is 0 Å². The van der Waals surface area contributed by atoms with Gasteiger partial charge in [-0.1, -0.05) is 97.4 Å². The summed E-state index contributed by atoms with van der Waals surface area (Å²) in [5.41, 5.74) is 2.13. The third-order valence-electron chi connectivity index (χ3n) is 6.26. The zero-order valence-corrected chi connectivity index (χ0v) is 28.6. The lowest BCUT2D eigenvalue weighted by atomic mass is 9.79. The van der Waals surface area contributed by atoms with Gasteiger partial charge in [0.05, 0.1) is 23.3 Å². The summed E-state index contributed by atoms with van der Waals surface area (Å²) in [7, 11) is -2.13. The van der Waals surface area contributed by atoms with Crippen molar-refractivity contribution >= 4 is 15.8 Å². The zero-order valence-electron chi connectivity index (χ0n) is 27.8. The summed E-state index contributed by atoms with van der Waals surface area (Å²) in [6.07, 6.45) is 0.278. The van der Waals surface area contributed by atoms with Crippen LogP contribution < -0.4 is 9.47 Å². The van der Waals surface area contributed by atoms with Crippen LogP contribution in [-0.2, 0) is 25.0 Å². The molecule has 4 aromatic carbocycles. The Hall–Kier alpha value is -4.10. The fraction of sp³-hybridized carbons (Fsp3) is 0.324. The first-order valence-corrected chi connectivity index (χ1v) is 16.9. The molecule has 0 N–H and O–H groups in total. The van der Waals surface area contributed by atoms with Gasteiger partial charge in [0.1, 0.15) is 17.2 Å². The average Bonchev–Trinajstić information content (AvgIpc) is 3.08. The molecule has 238 valence electrons. The van der Waals surface area contributed by atoms with Crippen LogP contribution in [-0.4, -0.2) is 21.5 Å². The number of hydrogen-bond acceptors (Lipinski definition) is 6. The average molecular weight is 621 g/mol. The Kier molecular flexibility index (Phi) is 16.0. The third kappa shape index (κ3) is 8.96. The van der Waals surface area contributed by atoms with Gasteiger partial charge in [0.25, 0.3) is 0 Å². The third-order valence-corrected chi connectivity index (χ3v) is 8.04. The van der Waals surface area contributed by atoms with E-state index in [2.05, 4.69) is 0 Å². The Morgan fingerprint density at radius 1 is 0.591 bits per heavy atom. The Morgan fingerprint density at radius 3 is 1.30 bits per heavy atom. The quantitative estimate of drug-likeness (QED) is 0.191. The molecular weight excluding hydrogens is 572 g/mol. The molecule has 4 aromatic rings. The fourth-order valence-corrected chi connectivity index (χ4v) is 5.47. The second-order valence-corrected chi connectivity index (χ2v) is 10.6. The monoisotopic (exact) mass is 620 g/mol. The Balaban J connectivity index is 0.00000112. The molecule has 1 saturated heterocycles. The first kappa shape index (κ1) is 37.9. The van der Waals surface area contributed by atoms with Gasteiger partial charge in [0, 0.05) is 11.1 Å². The second-order valence-electron chi connectivity index (χ2n) is 8.62. The molecule has 44 heavy (non-hydrogen) atoms. The highest BCUT2D eigenvalue weighted by molar-refractivity contribution is 7.91. The minimum Gasteiger partial charge on any atom is -0.497 e. The maximum atomic E-state index is 12.9. The molecule has 6 nitrogen and oxygen atoms in total. The Morgan fingerprint density at radius 2 is 0.932 bits per heavy atom. The van der Waals surface area contributed by atoms with E-state index in [9.17, 15) is 13.2 Å². The van der Waals surface area contributed by atoms with Crippen molar-refractivity contribution in [2.75, 3.05) is 7.11 Å². The van der Waals surface area contributed by atoms with E-state index in [0.29, 0.717) is 17.2 Å². The lowest BCUT2D eigenvalue weighted by Crippen LogP contribution is -2.45. The molecule has 0 saturated carbocycles. The van der Waals surface area contributed by atoms with Gasteiger partial charge in [-0.2, -0.15) is 0 Å². The summed E-state index contributed by atoms with van der Waals surface area (Å²) in [4.78, 5) is 12.1. The predicted molar refractivity (Wildman–Crippen MR) is 179 cm³/mol. The molecule has 7 heteroatoms. The lowest BCUT2D eigenvalue weighted by molar-refractivity contribution is -0.185. The van der Waals surface area contributed by atoms with Crippen LogP contribution in [0.2, 0.25) is 0 Å². The van der Waals surface area contributed by atoms with Crippen LogP contribution >= 0.6 is 0 Å². The number of cyclic esters (lactones) is 1. The van der Waals surface area contributed by atoms with Crippen LogP contribution in [0, 0.1) is 6.92 Å². The molecule has 1 aliphatic heterocycles. The Labute approximate surface area is 264 Å². The van der Waals surface area contributed by atoms with Crippen molar-refractivity contribution in [3.05, 3.63) is 114 Å². The summed E-state index contributed by atoms with van der Waals surface area (Å²) in [6, 6.07) is 27.9. The second kappa shape index (κ2) is 18.5. The molecule has 1 aliphatic rings. The molecule has 0 radical (unpaired) electrons. The van der Waals surface area contributed by atoms with Gasteiger partial charge in [-0.25, -0.2) is 8.42 Å². The smallest absolute Gasteiger partial charge is 0.311 e. The number of sulfone groups is 1. The van der Waals surface area contributed by atoms with Crippen molar-refractivity contribution in [2.45, 2.75) is 84.1 Å². The first-order valence-electron chi connectivity index (χ1n) is 15.4. The van der Waals surface area contributed by atoms with E-state index in [4.69, 9.17) is 14.2 Å². The molecular formula is C37H48O6S. The fourth-order valence-electron chi connectivity index (χ4n) is 4.21. The van der Waals surface area contributed by atoms with E-state index in [-0.39, 0.29) is 22.2 Å². The number of benzene rings is 4. The van der Waals surface area contributed by atoms with Crippen molar-refractivity contribution in [3.63, 3.8) is 0 Å². The van der Waals surface area contributed by atoms with Gasteiger partial charge in [-0.05, 0) is 67.6 Å². The number of carbonyl (C=O) groups is 1. The Bertz CT molecular complexity index is 1480. The standard InChI is InChI=1S/C29H24O6S.4C2H6/c1-20-3-5-21(6-4-20)29(19-28(30)35-29)22-7-9-24(10-8-22)34-25-13-17-27(18-14-25)36(31,32)26-15-11-23(33-2)12-16-26;4*1-2/h3-18H,19H2,1-2H3;4*1-2H3. The molecule has 1 unspecified atom stereocenters. The molecule has 0 aliphatic carbocycles. The van der Waals surface area contributed by atoms with Crippen molar-refractivity contribution in [1.29, 1.82) is 0 Å². The van der Waals surface area contributed by atoms with Crippen molar-refractivity contribution in [3.8, 4) is 17.2 Å². The molecule has 1 heterocycles. The minimum atomic E-state index is -3.66. The SMILES string of the molecule is CC.CC.CC.CC.COc1ccc(S(=O)(=O)c2ccc(Oc3ccc(C4(c5ccc(C)cc5)CC(=O)O4)cc3)cc2)cc1. The van der Waals surface area contributed by atoms with Crippen LogP contribution in [0.5, 0.6) is 17.2 Å². The largest absolute Gasteiger partial charge is 0.497 e. The molecule has 0 spiro atoms. The lowest BCUT2D eigenvalue weighted by Gasteiger charge is -2.41. The zero-order chi connectivity index (χ0) is 33.3. The van der Waals surface area contributed by atoms with E-state index in [0.717, 1.165) is 16.7 Å². The molecule has 1 atom stereocenters. The molecule has 0 bridgehead atoms. The van der Waals surface area contributed by atoms with Crippen molar-refractivity contribution in [1.82, 2.24) is 0 Å². The normalized spacial score (nSPS) is 14.5. The number of aryl methyl sites for hydroxylation is 1. The highest BCUT2D eigenvalue weighted by Crippen LogP contribution is 2.45. The molecule has 1 fully saturated rings. The highest BCUT2D eigenvalue weighted by Gasteiger charge is 2.49.